The van der Waals surface area contributed by atoms with Crippen molar-refractivity contribution in [3.05, 3.63) is 76.8 Å². The Morgan fingerprint density at radius 2 is 1.64 bits per heavy atom. The molecule has 0 saturated heterocycles. The molecule has 1 aliphatic rings. The fourth-order valence-electron chi connectivity index (χ4n) is 4.42. The van der Waals surface area contributed by atoms with Crippen LogP contribution in [0.2, 0.25) is 5.02 Å². The van der Waals surface area contributed by atoms with Crippen molar-refractivity contribution in [2.75, 3.05) is 31.6 Å². The Kier molecular flexibility index (Phi) is 7.53. The molecule has 0 fully saturated rings. The van der Waals surface area contributed by atoms with Crippen molar-refractivity contribution in [3.8, 4) is 0 Å². The van der Waals surface area contributed by atoms with E-state index in [9.17, 15) is 4.79 Å². The average Bonchev–Trinajstić information content (AvgIpc) is 3.25. The zero-order chi connectivity index (χ0) is 23.4. The third-order valence-electron chi connectivity index (χ3n) is 6.28. The molecule has 0 bridgehead atoms. The number of anilines is 1. The van der Waals surface area contributed by atoms with Gasteiger partial charge in [0.2, 0.25) is 0 Å². The first-order chi connectivity index (χ1) is 15.9. The second kappa shape index (κ2) is 10.6. The lowest BCUT2D eigenvalue weighted by Crippen LogP contribution is -2.46. The van der Waals surface area contributed by atoms with Gasteiger partial charge in [-0.1, -0.05) is 74.0 Å². The molecule has 1 heterocycles. The lowest BCUT2D eigenvalue weighted by Gasteiger charge is -2.32. The average molecular weight is 465 g/mol. The molecule has 174 valence electrons. The van der Waals surface area contributed by atoms with Crippen LogP contribution < -0.4 is 10.2 Å². The minimum Gasteiger partial charge on any atom is -0.362 e. The Balaban J connectivity index is 1.53. The van der Waals surface area contributed by atoms with Crippen LogP contribution in [0.3, 0.4) is 0 Å². The standard InChI is InChI=1S/C27H33ClN4O/c1-20(2)29-15-8-16-31(26-14-13-25(28)23-11-6-7-12-24(23)26)19-27(33)30(3)32-17-21-9-4-5-10-22(21)18-32/h4-7,9-14,20,29H,8,15-19H2,1-3H3. The number of likely N-dealkylation sites (N-methyl/N-ethyl adjacent to an activating group) is 1. The summed E-state index contributed by atoms with van der Waals surface area (Å²) < 4.78 is 0. The zero-order valence-electron chi connectivity index (χ0n) is 19.7. The molecular formula is C27H33ClN4O. The van der Waals surface area contributed by atoms with Crippen LogP contribution in [-0.2, 0) is 17.9 Å². The molecule has 1 aliphatic heterocycles. The molecule has 5 nitrogen and oxygen atoms in total. The van der Waals surface area contributed by atoms with E-state index in [1.54, 1.807) is 5.01 Å². The van der Waals surface area contributed by atoms with E-state index in [1.165, 1.54) is 11.1 Å². The van der Waals surface area contributed by atoms with Crippen LogP contribution >= 0.6 is 11.6 Å². The van der Waals surface area contributed by atoms with Gasteiger partial charge in [0.25, 0.3) is 5.91 Å². The SMILES string of the molecule is CC(C)NCCCN(CC(=O)N(C)N1Cc2ccccc2C1)c1ccc(Cl)c2ccccc12. The monoisotopic (exact) mass is 464 g/mol. The van der Waals surface area contributed by atoms with Gasteiger partial charge in [-0.3, -0.25) is 9.80 Å². The molecule has 0 radical (unpaired) electrons. The predicted octanol–water partition coefficient (Wildman–Crippen LogP) is 5.08. The van der Waals surface area contributed by atoms with Gasteiger partial charge in [0.05, 0.1) is 6.54 Å². The van der Waals surface area contributed by atoms with E-state index in [0.29, 0.717) is 12.6 Å². The highest BCUT2D eigenvalue weighted by Gasteiger charge is 2.26. The van der Waals surface area contributed by atoms with Crippen molar-refractivity contribution < 1.29 is 4.79 Å². The van der Waals surface area contributed by atoms with E-state index < -0.39 is 0 Å². The molecule has 1 N–H and O–H groups in total. The van der Waals surface area contributed by atoms with Gasteiger partial charge < -0.3 is 10.2 Å². The number of fused-ring (bicyclic) bond motifs is 2. The number of carbonyl (C=O) groups is 1. The number of nitrogens with zero attached hydrogens (tertiary/aromatic N) is 3. The number of rotatable bonds is 9. The first kappa shape index (κ1) is 23.6. The Morgan fingerprint density at radius 1 is 1.00 bits per heavy atom. The Bertz CT molecular complexity index is 1090. The third kappa shape index (κ3) is 5.49. The smallest absolute Gasteiger partial charge is 0.256 e. The van der Waals surface area contributed by atoms with Gasteiger partial charge in [0, 0.05) is 54.2 Å². The van der Waals surface area contributed by atoms with Gasteiger partial charge in [0.1, 0.15) is 0 Å². The number of hydrogen-bond acceptors (Lipinski definition) is 4. The summed E-state index contributed by atoms with van der Waals surface area (Å²) in [5.41, 5.74) is 3.63. The van der Waals surface area contributed by atoms with Crippen molar-refractivity contribution >= 4 is 34.0 Å². The van der Waals surface area contributed by atoms with E-state index in [1.807, 2.05) is 37.4 Å². The number of hydrazine groups is 1. The van der Waals surface area contributed by atoms with Crippen LogP contribution in [0.1, 0.15) is 31.4 Å². The fourth-order valence-corrected chi connectivity index (χ4v) is 4.65. The second-order valence-electron chi connectivity index (χ2n) is 9.00. The maximum atomic E-state index is 13.4. The van der Waals surface area contributed by atoms with Crippen molar-refractivity contribution in [3.63, 3.8) is 0 Å². The molecular weight excluding hydrogens is 432 g/mol. The van der Waals surface area contributed by atoms with Gasteiger partial charge in [-0.15, -0.1) is 0 Å². The molecule has 3 aromatic rings. The maximum absolute atomic E-state index is 13.4. The summed E-state index contributed by atoms with van der Waals surface area (Å²) in [6.45, 7) is 7.84. The highest BCUT2D eigenvalue weighted by molar-refractivity contribution is 6.36. The number of benzene rings is 3. The normalized spacial score (nSPS) is 13.5. The molecule has 0 aromatic heterocycles. The number of carbonyl (C=O) groups excluding carboxylic acids is 1. The van der Waals surface area contributed by atoms with E-state index in [-0.39, 0.29) is 5.91 Å². The zero-order valence-corrected chi connectivity index (χ0v) is 20.5. The summed E-state index contributed by atoms with van der Waals surface area (Å²) in [7, 11) is 1.88. The van der Waals surface area contributed by atoms with Crippen molar-refractivity contribution in [2.24, 2.45) is 0 Å². The molecule has 4 rings (SSSR count). The number of halogens is 1. The van der Waals surface area contributed by atoms with Crippen LogP contribution in [0.15, 0.2) is 60.7 Å². The molecule has 0 spiro atoms. The van der Waals surface area contributed by atoms with E-state index in [2.05, 4.69) is 59.4 Å². The maximum Gasteiger partial charge on any atom is 0.256 e. The van der Waals surface area contributed by atoms with Gasteiger partial charge in [-0.25, -0.2) is 5.01 Å². The first-order valence-electron chi connectivity index (χ1n) is 11.7. The molecule has 6 heteroatoms. The number of hydrogen-bond donors (Lipinski definition) is 1. The molecule has 0 atom stereocenters. The Hall–Kier alpha value is -2.60. The van der Waals surface area contributed by atoms with E-state index >= 15 is 0 Å². The van der Waals surface area contributed by atoms with Crippen LogP contribution in [0.4, 0.5) is 5.69 Å². The van der Waals surface area contributed by atoms with Crippen molar-refractivity contribution in [1.29, 1.82) is 0 Å². The third-order valence-corrected chi connectivity index (χ3v) is 6.61. The molecule has 0 saturated carbocycles. The Morgan fingerprint density at radius 3 is 2.30 bits per heavy atom. The first-order valence-corrected chi connectivity index (χ1v) is 12.1. The van der Waals surface area contributed by atoms with Crippen LogP contribution in [0.5, 0.6) is 0 Å². The summed E-state index contributed by atoms with van der Waals surface area (Å²) in [5, 5.41) is 10.2. The quantitative estimate of drug-likeness (QED) is 0.448. The van der Waals surface area contributed by atoms with Crippen LogP contribution in [0.25, 0.3) is 10.8 Å². The summed E-state index contributed by atoms with van der Waals surface area (Å²) >= 11 is 6.47. The minimum absolute atomic E-state index is 0.0821. The van der Waals surface area contributed by atoms with Crippen molar-refractivity contribution in [2.45, 2.75) is 39.4 Å². The fraction of sp³-hybridized carbons (Fsp3) is 0.370. The van der Waals surface area contributed by atoms with Crippen LogP contribution in [-0.4, -0.2) is 48.6 Å². The molecule has 33 heavy (non-hydrogen) atoms. The summed E-state index contributed by atoms with van der Waals surface area (Å²) in [6, 6.07) is 21.0. The van der Waals surface area contributed by atoms with Gasteiger partial charge in [0.15, 0.2) is 0 Å². The van der Waals surface area contributed by atoms with Gasteiger partial charge in [-0.2, -0.15) is 0 Å². The summed E-state index contributed by atoms with van der Waals surface area (Å²) in [6.07, 6.45) is 0.946. The predicted molar refractivity (Wildman–Crippen MR) is 137 cm³/mol. The highest BCUT2D eigenvalue weighted by Crippen LogP contribution is 2.32. The lowest BCUT2D eigenvalue weighted by molar-refractivity contribution is -0.145. The summed E-state index contributed by atoms with van der Waals surface area (Å²) in [5.74, 6) is 0.0821. The van der Waals surface area contributed by atoms with Crippen molar-refractivity contribution in [1.82, 2.24) is 15.3 Å². The molecule has 0 aliphatic carbocycles. The van der Waals surface area contributed by atoms with Gasteiger partial charge in [-0.05, 0) is 36.2 Å². The van der Waals surface area contributed by atoms with Gasteiger partial charge >= 0.3 is 0 Å². The molecule has 1 amide bonds. The minimum atomic E-state index is 0.0821. The number of amides is 1. The molecule has 3 aromatic carbocycles. The molecule has 0 unspecified atom stereocenters. The number of nitrogens with one attached hydrogen (secondary N) is 1. The lowest BCUT2D eigenvalue weighted by atomic mass is 10.1. The Labute approximate surface area is 201 Å². The van der Waals surface area contributed by atoms with E-state index in [4.69, 9.17) is 11.6 Å². The largest absolute Gasteiger partial charge is 0.362 e. The van der Waals surface area contributed by atoms with Crippen LogP contribution in [0, 0.1) is 0 Å². The topological polar surface area (TPSA) is 38.8 Å². The summed E-state index contributed by atoms with van der Waals surface area (Å²) in [4.78, 5) is 15.6. The highest BCUT2D eigenvalue weighted by atomic mass is 35.5. The second-order valence-corrected chi connectivity index (χ2v) is 9.41. The van der Waals surface area contributed by atoms with E-state index in [0.717, 1.165) is 54.1 Å².